The van der Waals surface area contributed by atoms with Crippen molar-refractivity contribution in [2.24, 2.45) is 5.10 Å². The summed E-state index contributed by atoms with van der Waals surface area (Å²) in [6.45, 7) is 6.22. The number of nitrogens with zero attached hydrogens (tertiary/aromatic N) is 3. The van der Waals surface area contributed by atoms with Crippen molar-refractivity contribution < 1.29 is 14.3 Å². The Kier molecular flexibility index (Phi) is 7.60. The van der Waals surface area contributed by atoms with Gasteiger partial charge in [-0.1, -0.05) is 38.3 Å². The highest BCUT2D eigenvalue weighted by Gasteiger charge is 2.31. The number of benzene rings is 2. The second-order valence-electron chi connectivity index (χ2n) is 9.08. The minimum absolute atomic E-state index is 0.0584. The van der Waals surface area contributed by atoms with Crippen LogP contribution in [-0.2, 0) is 11.2 Å². The number of methoxy groups -OCH3 is 1. The summed E-state index contributed by atoms with van der Waals surface area (Å²) in [5.74, 6) is 0.646. The number of rotatable bonds is 9. The molecule has 6 nitrogen and oxygen atoms in total. The smallest absolute Gasteiger partial charge is 0.262 e. The number of hydrogen-bond acceptors (Lipinski definition) is 4. The number of hydrazone groups is 1. The molecule has 0 bridgehead atoms. The molecule has 1 aliphatic rings. The van der Waals surface area contributed by atoms with Crippen molar-refractivity contribution in [1.82, 2.24) is 9.58 Å². The fraction of sp³-hybridized carbons (Fsp3) is 0.393. The summed E-state index contributed by atoms with van der Waals surface area (Å²) in [5, 5.41) is 7.99. The van der Waals surface area contributed by atoms with Crippen molar-refractivity contribution in [2.75, 3.05) is 7.11 Å². The van der Waals surface area contributed by atoms with E-state index in [0.29, 0.717) is 29.2 Å². The van der Waals surface area contributed by atoms with Gasteiger partial charge in [-0.2, -0.15) is 5.10 Å². The van der Waals surface area contributed by atoms with E-state index in [1.54, 1.807) is 41.0 Å². The number of amides is 1. The second kappa shape index (κ2) is 10.6. The van der Waals surface area contributed by atoms with Crippen LogP contribution in [0.3, 0.4) is 0 Å². The molecule has 4 rings (SSSR count). The van der Waals surface area contributed by atoms with Crippen LogP contribution in [0.5, 0.6) is 5.75 Å². The van der Waals surface area contributed by atoms with E-state index in [1.807, 2.05) is 25.1 Å². The van der Waals surface area contributed by atoms with Crippen molar-refractivity contribution in [3.05, 3.63) is 64.3 Å². The lowest BCUT2D eigenvalue weighted by Crippen LogP contribution is -2.32. The maximum atomic E-state index is 13.5. The van der Waals surface area contributed by atoms with Gasteiger partial charge in [-0.25, -0.2) is 5.01 Å². The average Bonchev–Trinajstić information content (AvgIpc) is 3.35. The fourth-order valence-corrected chi connectivity index (χ4v) is 5.06. The summed E-state index contributed by atoms with van der Waals surface area (Å²) in [7, 11) is 1.63. The topological polar surface area (TPSA) is 63.9 Å². The van der Waals surface area contributed by atoms with E-state index < -0.39 is 0 Å². The summed E-state index contributed by atoms with van der Waals surface area (Å²) < 4.78 is 7.21. The van der Waals surface area contributed by atoms with Gasteiger partial charge in [0.1, 0.15) is 5.75 Å². The molecule has 0 saturated heterocycles. The summed E-state index contributed by atoms with van der Waals surface area (Å²) in [5.41, 5.74) is 4.00. The molecule has 2 aromatic carbocycles. The molecule has 1 aliphatic heterocycles. The third kappa shape index (κ3) is 4.98. The molecule has 0 radical (unpaired) electrons. The molecule has 35 heavy (non-hydrogen) atoms. The Morgan fingerprint density at radius 3 is 2.43 bits per heavy atom. The Morgan fingerprint density at radius 1 is 1.11 bits per heavy atom. The lowest BCUT2D eigenvalue weighted by molar-refractivity contribution is -0.131. The van der Waals surface area contributed by atoms with Gasteiger partial charge in [-0.3, -0.25) is 14.2 Å². The number of carbonyl (C=O) groups excluding carboxylic acids is 2. The zero-order chi connectivity index (χ0) is 25.1. The Bertz CT molecular complexity index is 1270. The lowest BCUT2D eigenvalue weighted by Gasteiger charge is -2.23. The third-order valence-corrected chi connectivity index (χ3v) is 6.92. The molecular weight excluding hydrogens is 462 g/mol. The summed E-state index contributed by atoms with van der Waals surface area (Å²) >= 11 is 6.03. The monoisotopic (exact) mass is 493 g/mol. The molecule has 0 saturated carbocycles. The first kappa shape index (κ1) is 25.0. The predicted molar refractivity (Wildman–Crippen MR) is 141 cm³/mol. The summed E-state index contributed by atoms with van der Waals surface area (Å²) in [4.78, 5) is 26.4. The van der Waals surface area contributed by atoms with E-state index in [-0.39, 0.29) is 17.9 Å². The number of aromatic nitrogens is 1. The van der Waals surface area contributed by atoms with Gasteiger partial charge in [-0.05, 0) is 67.8 Å². The standard InChI is InChI=1S/C28H32ClN3O3/c1-5-7-22(8-6-2)32-27(33)16-21(30-32)15-24-18(3)31(26-14-13-23(35-4)17-25(24)26)28(34)19-9-11-20(29)12-10-19/h9-14,17,22H,5-8,15-16H2,1-4H3. The average molecular weight is 494 g/mol. The van der Waals surface area contributed by atoms with Crippen molar-refractivity contribution in [2.45, 2.75) is 65.3 Å². The van der Waals surface area contributed by atoms with Crippen molar-refractivity contribution in [3.63, 3.8) is 0 Å². The van der Waals surface area contributed by atoms with Crippen LogP contribution in [0, 0.1) is 6.92 Å². The number of ether oxygens (including phenoxy) is 1. The molecule has 7 heteroatoms. The molecule has 0 unspecified atom stereocenters. The van der Waals surface area contributed by atoms with Gasteiger partial charge in [0.05, 0.1) is 30.8 Å². The zero-order valence-electron chi connectivity index (χ0n) is 20.8. The molecule has 184 valence electrons. The maximum absolute atomic E-state index is 13.5. The van der Waals surface area contributed by atoms with E-state index in [2.05, 4.69) is 13.8 Å². The molecular formula is C28H32ClN3O3. The van der Waals surface area contributed by atoms with Gasteiger partial charge < -0.3 is 4.74 Å². The predicted octanol–water partition coefficient (Wildman–Crippen LogP) is 6.40. The Morgan fingerprint density at radius 2 is 1.80 bits per heavy atom. The largest absolute Gasteiger partial charge is 0.497 e. The highest BCUT2D eigenvalue weighted by atomic mass is 35.5. The molecule has 0 aliphatic carbocycles. The normalized spacial score (nSPS) is 13.7. The number of halogens is 1. The molecule has 0 spiro atoms. The number of hydrogen-bond donors (Lipinski definition) is 0. The van der Waals surface area contributed by atoms with Crippen molar-refractivity contribution >= 4 is 40.0 Å². The maximum Gasteiger partial charge on any atom is 0.262 e. The van der Waals surface area contributed by atoms with E-state index in [4.69, 9.17) is 21.4 Å². The molecule has 2 heterocycles. The van der Waals surface area contributed by atoms with Crippen LogP contribution < -0.4 is 4.74 Å². The quantitative estimate of drug-likeness (QED) is 0.346. The third-order valence-electron chi connectivity index (χ3n) is 6.67. The van der Waals surface area contributed by atoms with Crippen LogP contribution in [0.4, 0.5) is 0 Å². The van der Waals surface area contributed by atoms with Crippen molar-refractivity contribution in [3.8, 4) is 5.75 Å². The van der Waals surface area contributed by atoms with E-state index in [0.717, 1.165) is 53.6 Å². The van der Waals surface area contributed by atoms with Crippen LogP contribution in [0.2, 0.25) is 5.02 Å². The molecule has 1 amide bonds. The molecule has 1 aromatic heterocycles. The molecule has 3 aromatic rings. The zero-order valence-corrected chi connectivity index (χ0v) is 21.6. The van der Waals surface area contributed by atoms with Gasteiger partial charge in [0.15, 0.2) is 0 Å². The van der Waals surface area contributed by atoms with Crippen LogP contribution in [0.1, 0.15) is 67.6 Å². The minimum atomic E-state index is -0.127. The minimum Gasteiger partial charge on any atom is -0.497 e. The van der Waals surface area contributed by atoms with Crippen molar-refractivity contribution in [1.29, 1.82) is 0 Å². The SMILES string of the molecule is CCCC(CCC)N1N=C(Cc2c(C)n(C(=O)c3ccc(Cl)cc3)c3ccc(OC)cc23)CC1=O. The molecule has 0 fully saturated rings. The Labute approximate surface area is 211 Å². The molecule has 0 N–H and O–H groups in total. The van der Waals surface area contributed by atoms with Gasteiger partial charge in [0.25, 0.3) is 5.91 Å². The molecule has 0 atom stereocenters. The first-order chi connectivity index (χ1) is 16.9. The van der Waals surface area contributed by atoms with Gasteiger partial charge in [0, 0.05) is 28.1 Å². The van der Waals surface area contributed by atoms with E-state index >= 15 is 0 Å². The number of fused-ring (bicyclic) bond motifs is 1. The Hall–Kier alpha value is -3.12. The highest BCUT2D eigenvalue weighted by Crippen LogP contribution is 2.32. The van der Waals surface area contributed by atoms with Crippen LogP contribution in [-0.4, -0.2) is 40.3 Å². The lowest BCUT2D eigenvalue weighted by atomic mass is 10.0. The van der Waals surface area contributed by atoms with Crippen LogP contribution >= 0.6 is 11.6 Å². The van der Waals surface area contributed by atoms with Crippen LogP contribution in [0.15, 0.2) is 47.6 Å². The second-order valence-corrected chi connectivity index (χ2v) is 9.52. The summed E-state index contributed by atoms with van der Waals surface area (Å²) in [6, 6.07) is 12.8. The first-order valence-corrected chi connectivity index (χ1v) is 12.6. The van der Waals surface area contributed by atoms with E-state index in [1.165, 1.54) is 0 Å². The van der Waals surface area contributed by atoms with Crippen LogP contribution in [0.25, 0.3) is 10.9 Å². The van der Waals surface area contributed by atoms with E-state index in [9.17, 15) is 9.59 Å². The number of carbonyl (C=O) groups is 2. The van der Waals surface area contributed by atoms with Gasteiger partial charge in [0.2, 0.25) is 5.91 Å². The van der Waals surface area contributed by atoms with Gasteiger partial charge >= 0.3 is 0 Å². The fourth-order valence-electron chi connectivity index (χ4n) is 4.94. The highest BCUT2D eigenvalue weighted by molar-refractivity contribution is 6.30. The summed E-state index contributed by atoms with van der Waals surface area (Å²) in [6.07, 6.45) is 4.73. The first-order valence-electron chi connectivity index (χ1n) is 12.2. The van der Waals surface area contributed by atoms with Gasteiger partial charge in [-0.15, -0.1) is 0 Å². The Balaban J connectivity index is 1.75.